The van der Waals surface area contributed by atoms with Gasteiger partial charge in [-0.2, -0.15) is 0 Å². The third-order valence-corrected chi connectivity index (χ3v) is 1.57. The largest absolute Gasteiger partial charge is 0.872 e. The van der Waals surface area contributed by atoms with Gasteiger partial charge >= 0.3 is 0 Å². The van der Waals surface area contributed by atoms with Gasteiger partial charge in [-0.25, -0.2) is 0 Å². The van der Waals surface area contributed by atoms with Gasteiger partial charge in [0, 0.05) is 6.20 Å². The standard InChI is InChI=1S/C8H5NO2/c10-6-4-7(11)8-5(6)2-1-3-9-8/h1-4,10H/p-1. The van der Waals surface area contributed by atoms with Crippen LogP contribution in [-0.4, -0.2) is 10.8 Å². The monoisotopic (exact) mass is 146 g/mol. The number of nitrogens with zero attached hydrogens (tertiary/aromatic N) is 1. The van der Waals surface area contributed by atoms with E-state index in [0.29, 0.717) is 5.56 Å². The first-order valence-corrected chi connectivity index (χ1v) is 3.17. The summed E-state index contributed by atoms with van der Waals surface area (Å²) in [5.41, 5.74) is 0.690. The first-order chi connectivity index (χ1) is 5.29. The minimum Gasteiger partial charge on any atom is -0.872 e. The Kier molecular flexibility index (Phi) is 1.06. The Hall–Kier alpha value is -1.64. The highest BCUT2D eigenvalue weighted by atomic mass is 16.3. The number of rotatable bonds is 0. The molecule has 0 unspecified atom stereocenters. The first kappa shape index (κ1) is 6.09. The topological polar surface area (TPSA) is 53.0 Å². The summed E-state index contributed by atoms with van der Waals surface area (Å²) < 4.78 is 0. The second-order valence-electron chi connectivity index (χ2n) is 2.27. The Labute approximate surface area is 63.0 Å². The van der Waals surface area contributed by atoms with Crippen LogP contribution in [0.4, 0.5) is 0 Å². The van der Waals surface area contributed by atoms with E-state index < -0.39 is 0 Å². The molecule has 11 heavy (non-hydrogen) atoms. The van der Waals surface area contributed by atoms with Gasteiger partial charge in [0.25, 0.3) is 0 Å². The molecule has 1 heterocycles. The predicted octanol–water partition coefficient (Wildman–Crippen LogP) is -0.0209. The quantitative estimate of drug-likeness (QED) is 0.516. The molecular weight excluding hydrogens is 142 g/mol. The third kappa shape index (κ3) is 0.741. The first-order valence-electron chi connectivity index (χ1n) is 3.17. The molecule has 1 aromatic heterocycles. The van der Waals surface area contributed by atoms with E-state index in [1.54, 1.807) is 12.1 Å². The Morgan fingerprint density at radius 2 is 2.27 bits per heavy atom. The maximum atomic E-state index is 11.0. The second kappa shape index (κ2) is 1.92. The molecule has 0 bridgehead atoms. The molecule has 0 saturated heterocycles. The molecule has 0 aromatic carbocycles. The number of carbonyl (C=O) groups is 1. The number of hydrogen-bond donors (Lipinski definition) is 0. The average molecular weight is 146 g/mol. The fourth-order valence-corrected chi connectivity index (χ4v) is 1.07. The van der Waals surface area contributed by atoms with Gasteiger partial charge in [-0.15, -0.1) is 0 Å². The fourth-order valence-electron chi connectivity index (χ4n) is 1.07. The van der Waals surface area contributed by atoms with Gasteiger partial charge in [0.2, 0.25) is 5.78 Å². The minimum atomic E-state index is -0.286. The van der Waals surface area contributed by atoms with Gasteiger partial charge in [-0.3, -0.25) is 9.78 Å². The Morgan fingerprint density at radius 1 is 1.45 bits per heavy atom. The lowest BCUT2D eigenvalue weighted by molar-refractivity contribution is -0.243. The molecule has 0 spiro atoms. The number of carbonyl (C=O) groups excluding carboxylic acids is 1. The summed E-state index contributed by atoms with van der Waals surface area (Å²) in [4.78, 5) is 14.7. The van der Waals surface area contributed by atoms with Gasteiger partial charge in [-0.1, -0.05) is 11.8 Å². The van der Waals surface area contributed by atoms with Crippen LogP contribution in [0.2, 0.25) is 0 Å². The zero-order chi connectivity index (χ0) is 7.84. The van der Waals surface area contributed by atoms with Gasteiger partial charge in [0.15, 0.2) is 0 Å². The average Bonchev–Trinajstić information content (AvgIpc) is 2.30. The van der Waals surface area contributed by atoms with E-state index in [-0.39, 0.29) is 17.2 Å². The van der Waals surface area contributed by atoms with E-state index in [4.69, 9.17) is 0 Å². The van der Waals surface area contributed by atoms with E-state index in [9.17, 15) is 9.90 Å². The van der Waals surface area contributed by atoms with Crippen LogP contribution >= 0.6 is 0 Å². The smallest absolute Gasteiger partial charge is 0.204 e. The molecule has 3 heteroatoms. The predicted molar refractivity (Wildman–Crippen MR) is 36.5 cm³/mol. The van der Waals surface area contributed by atoms with Crippen LogP contribution in [0, 0.1) is 0 Å². The van der Waals surface area contributed by atoms with Gasteiger partial charge < -0.3 is 5.11 Å². The van der Waals surface area contributed by atoms with Crippen LogP contribution in [0.1, 0.15) is 16.1 Å². The van der Waals surface area contributed by atoms with Gasteiger partial charge in [0.1, 0.15) is 5.69 Å². The summed E-state index contributed by atoms with van der Waals surface area (Å²) >= 11 is 0. The van der Waals surface area contributed by atoms with Crippen molar-refractivity contribution in [2.45, 2.75) is 0 Å². The fraction of sp³-hybridized carbons (Fsp3) is 0. The number of allylic oxidation sites excluding steroid dienone is 1. The molecule has 0 aliphatic heterocycles. The Morgan fingerprint density at radius 3 is 3.00 bits per heavy atom. The van der Waals surface area contributed by atoms with E-state index in [2.05, 4.69) is 4.98 Å². The van der Waals surface area contributed by atoms with Crippen molar-refractivity contribution in [3.63, 3.8) is 0 Å². The zero-order valence-corrected chi connectivity index (χ0v) is 5.57. The van der Waals surface area contributed by atoms with Gasteiger partial charge in [-0.05, 0) is 17.7 Å². The van der Waals surface area contributed by atoms with Crippen LogP contribution in [0.5, 0.6) is 0 Å². The highest BCUT2D eigenvalue weighted by Crippen LogP contribution is 2.20. The van der Waals surface area contributed by atoms with Crippen LogP contribution in [0.15, 0.2) is 24.4 Å². The van der Waals surface area contributed by atoms with E-state index in [0.717, 1.165) is 6.08 Å². The molecule has 3 nitrogen and oxygen atoms in total. The molecule has 0 fully saturated rings. The summed E-state index contributed by atoms with van der Waals surface area (Å²) in [5.74, 6) is -0.524. The maximum absolute atomic E-state index is 11.0. The molecule has 1 aliphatic rings. The highest BCUT2D eigenvalue weighted by molar-refractivity contribution is 6.13. The van der Waals surface area contributed by atoms with Crippen molar-refractivity contribution < 1.29 is 9.90 Å². The van der Waals surface area contributed by atoms with Crippen molar-refractivity contribution in [3.05, 3.63) is 35.7 Å². The van der Waals surface area contributed by atoms with Crippen LogP contribution in [0.25, 0.3) is 5.76 Å². The Bertz CT molecular complexity index is 355. The molecule has 1 aliphatic carbocycles. The number of aromatic nitrogens is 1. The molecule has 0 saturated carbocycles. The third-order valence-electron chi connectivity index (χ3n) is 1.57. The summed E-state index contributed by atoms with van der Waals surface area (Å²) in [6, 6.07) is 3.25. The number of pyridine rings is 1. The van der Waals surface area contributed by atoms with Crippen LogP contribution in [-0.2, 0) is 0 Å². The van der Waals surface area contributed by atoms with Crippen LogP contribution in [0.3, 0.4) is 0 Å². The van der Waals surface area contributed by atoms with Gasteiger partial charge in [0.05, 0.1) is 0 Å². The lowest BCUT2D eigenvalue weighted by atomic mass is 10.2. The van der Waals surface area contributed by atoms with Crippen molar-refractivity contribution in [1.29, 1.82) is 0 Å². The number of hydrogen-bond acceptors (Lipinski definition) is 3. The normalized spacial score (nSPS) is 14.5. The summed E-state index contributed by atoms with van der Waals surface area (Å²) in [6.45, 7) is 0. The van der Waals surface area contributed by atoms with Crippen LogP contribution < -0.4 is 5.11 Å². The number of ketones is 1. The molecule has 0 N–H and O–H groups in total. The molecule has 0 radical (unpaired) electrons. The van der Waals surface area contributed by atoms with Crippen molar-refractivity contribution in [2.75, 3.05) is 0 Å². The SMILES string of the molecule is O=C1C=C([O-])c2cccnc21. The van der Waals surface area contributed by atoms with Crippen molar-refractivity contribution >= 4 is 11.5 Å². The second-order valence-corrected chi connectivity index (χ2v) is 2.27. The van der Waals surface area contributed by atoms with E-state index >= 15 is 0 Å². The highest BCUT2D eigenvalue weighted by Gasteiger charge is 2.15. The zero-order valence-electron chi connectivity index (χ0n) is 5.57. The molecule has 2 rings (SSSR count). The number of fused-ring (bicyclic) bond motifs is 1. The minimum absolute atomic E-state index is 0.238. The molecular formula is C8H4NO2-. The van der Waals surface area contributed by atoms with Crippen molar-refractivity contribution in [2.24, 2.45) is 0 Å². The molecule has 1 aromatic rings. The Balaban J connectivity index is 2.71. The molecule has 0 amide bonds. The lowest BCUT2D eigenvalue weighted by Gasteiger charge is -2.05. The molecule has 0 atom stereocenters. The summed E-state index contributed by atoms with van der Waals surface area (Å²) in [7, 11) is 0. The lowest BCUT2D eigenvalue weighted by Crippen LogP contribution is -2.00. The van der Waals surface area contributed by atoms with Crippen molar-refractivity contribution in [1.82, 2.24) is 4.98 Å². The van der Waals surface area contributed by atoms with E-state index in [1.165, 1.54) is 6.20 Å². The van der Waals surface area contributed by atoms with E-state index in [1.807, 2.05) is 0 Å². The van der Waals surface area contributed by atoms with Crippen molar-refractivity contribution in [3.8, 4) is 0 Å². The molecule has 54 valence electrons. The summed E-state index contributed by atoms with van der Waals surface area (Å²) in [6.07, 6.45) is 2.57. The maximum Gasteiger partial charge on any atom is 0.204 e. The summed E-state index contributed by atoms with van der Waals surface area (Å²) in [5, 5.41) is 11.0.